The van der Waals surface area contributed by atoms with E-state index in [-0.39, 0.29) is 0 Å². The van der Waals surface area contributed by atoms with Crippen LogP contribution in [0.4, 0.5) is 5.69 Å². The van der Waals surface area contributed by atoms with Gasteiger partial charge >= 0.3 is 0 Å². The van der Waals surface area contributed by atoms with Gasteiger partial charge in [-0.2, -0.15) is 0 Å². The van der Waals surface area contributed by atoms with E-state index >= 15 is 0 Å². The molecule has 3 heteroatoms. The molecule has 0 spiro atoms. The molecule has 17 heavy (non-hydrogen) atoms. The van der Waals surface area contributed by atoms with Crippen LogP contribution in [0.1, 0.15) is 18.1 Å². The standard InChI is InChI=1S/C14H23N3/c1-3-16-6-8-17(9-7-16)11-13-5-4-12(2)14(15)10-13/h4-5,10H,3,6-9,11,15H2,1-2H3. The van der Waals surface area contributed by atoms with Crippen molar-refractivity contribution in [1.29, 1.82) is 0 Å². The van der Waals surface area contributed by atoms with Gasteiger partial charge in [-0.1, -0.05) is 19.1 Å². The first-order chi connectivity index (χ1) is 8.19. The second kappa shape index (κ2) is 5.52. The summed E-state index contributed by atoms with van der Waals surface area (Å²) in [5.41, 5.74) is 9.36. The Kier molecular flexibility index (Phi) is 4.02. The molecule has 1 aliphatic rings. The fraction of sp³-hybridized carbons (Fsp3) is 0.571. The molecule has 2 rings (SSSR count). The number of hydrogen-bond acceptors (Lipinski definition) is 3. The van der Waals surface area contributed by atoms with Crippen LogP contribution in [-0.4, -0.2) is 42.5 Å². The normalized spacial score (nSPS) is 18.5. The summed E-state index contributed by atoms with van der Waals surface area (Å²) in [6.07, 6.45) is 0. The van der Waals surface area contributed by atoms with Gasteiger partial charge in [0, 0.05) is 38.4 Å². The zero-order chi connectivity index (χ0) is 12.3. The van der Waals surface area contributed by atoms with Gasteiger partial charge in [-0.15, -0.1) is 0 Å². The van der Waals surface area contributed by atoms with Gasteiger partial charge in [-0.05, 0) is 30.7 Å². The first-order valence-electron chi connectivity index (χ1n) is 6.48. The Morgan fingerprint density at radius 2 is 1.76 bits per heavy atom. The Morgan fingerprint density at radius 3 is 2.35 bits per heavy atom. The van der Waals surface area contributed by atoms with Gasteiger partial charge in [-0.25, -0.2) is 0 Å². The minimum atomic E-state index is 0.912. The topological polar surface area (TPSA) is 32.5 Å². The largest absolute Gasteiger partial charge is 0.399 e. The Hall–Kier alpha value is -1.06. The number of nitrogens with zero attached hydrogens (tertiary/aromatic N) is 2. The molecule has 0 amide bonds. The number of anilines is 1. The minimum Gasteiger partial charge on any atom is -0.399 e. The second-order valence-electron chi connectivity index (χ2n) is 4.90. The molecule has 0 unspecified atom stereocenters. The molecule has 2 N–H and O–H groups in total. The average molecular weight is 233 g/mol. The molecule has 3 nitrogen and oxygen atoms in total. The summed E-state index contributed by atoms with van der Waals surface area (Å²) in [4.78, 5) is 5.01. The number of benzene rings is 1. The van der Waals surface area contributed by atoms with Crippen molar-refractivity contribution in [2.24, 2.45) is 0 Å². The number of aryl methyl sites for hydroxylation is 1. The van der Waals surface area contributed by atoms with E-state index < -0.39 is 0 Å². The summed E-state index contributed by atoms with van der Waals surface area (Å²) in [5.74, 6) is 0. The van der Waals surface area contributed by atoms with Crippen LogP contribution < -0.4 is 5.73 Å². The van der Waals surface area contributed by atoms with Crippen molar-refractivity contribution in [3.8, 4) is 0 Å². The van der Waals surface area contributed by atoms with E-state index in [2.05, 4.69) is 41.8 Å². The van der Waals surface area contributed by atoms with Crippen LogP contribution in [-0.2, 0) is 6.54 Å². The van der Waals surface area contributed by atoms with E-state index in [1.165, 1.54) is 43.9 Å². The highest BCUT2D eigenvalue weighted by Gasteiger charge is 2.15. The highest BCUT2D eigenvalue weighted by molar-refractivity contribution is 5.48. The van der Waals surface area contributed by atoms with Crippen LogP contribution in [0.5, 0.6) is 0 Å². The minimum absolute atomic E-state index is 0.912. The molecule has 1 aromatic carbocycles. The molecule has 0 aliphatic carbocycles. The van der Waals surface area contributed by atoms with Gasteiger partial charge in [0.15, 0.2) is 0 Å². The third-order valence-electron chi connectivity index (χ3n) is 3.66. The van der Waals surface area contributed by atoms with E-state index in [1.807, 2.05) is 0 Å². The number of likely N-dealkylation sites (N-methyl/N-ethyl adjacent to an activating group) is 1. The summed E-state index contributed by atoms with van der Waals surface area (Å²) >= 11 is 0. The molecule has 1 heterocycles. The third kappa shape index (κ3) is 3.20. The number of rotatable bonds is 3. The fourth-order valence-corrected chi connectivity index (χ4v) is 2.31. The SMILES string of the molecule is CCN1CCN(Cc2ccc(C)c(N)c2)CC1. The third-order valence-corrected chi connectivity index (χ3v) is 3.66. The molecular formula is C14H23N3. The monoisotopic (exact) mass is 233 g/mol. The van der Waals surface area contributed by atoms with Gasteiger partial charge in [0.1, 0.15) is 0 Å². The summed E-state index contributed by atoms with van der Waals surface area (Å²) < 4.78 is 0. The lowest BCUT2D eigenvalue weighted by Crippen LogP contribution is -2.45. The molecule has 0 saturated carbocycles. The van der Waals surface area contributed by atoms with Crippen molar-refractivity contribution in [3.63, 3.8) is 0 Å². The van der Waals surface area contributed by atoms with Crippen molar-refractivity contribution in [2.45, 2.75) is 20.4 Å². The number of hydrogen-bond donors (Lipinski definition) is 1. The Bertz CT molecular complexity index is 368. The van der Waals surface area contributed by atoms with Gasteiger partial charge in [0.2, 0.25) is 0 Å². The van der Waals surface area contributed by atoms with E-state index in [0.29, 0.717) is 0 Å². The molecule has 1 fully saturated rings. The number of nitrogens with two attached hydrogens (primary N) is 1. The van der Waals surface area contributed by atoms with Gasteiger partial charge in [0.25, 0.3) is 0 Å². The van der Waals surface area contributed by atoms with E-state index in [9.17, 15) is 0 Å². The van der Waals surface area contributed by atoms with Crippen LogP contribution in [0.2, 0.25) is 0 Å². The highest BCUT2D eigenvalue weighted by atomic mass is 15.3. The molecule has 1 saturated heterocycles. The van der Waals surface area contributed by atoms with Crippen molar-refractivity contribution in [3.05, 3.63) is 29.3 Å². The molecular weight excluding hydrogens is 210 g/mol. The maximum atomic E-state index is 5.94. The van der Waals surface area contributed by atoms with Crippen molar-refractivity contribution in [1.82, 2.24) is 9.80 Å². The first kappa shape index (κ1) is 12.4. The molecule has 1 aliphatic heterocycles. The average Bonchev–Trinajstić information content (AvgIpc) is 2.35. The van der Waals surface area contributed by atoms with Crippen LogP contribution in [0.3, 0.4) is 0 Å². The van der Waals surface area contributed by atoms with Gasteiger partial charge in [-0.3, -0.25) is 4.90 Å². The zero-order valence-electron chi connectivity index (χ0n) is 10.9. The predicted molar refractivity (Wildman–Crippen MR) is 73.0 cm³/mol. The molecule has 1 aromatic rings. The Morgan fingerprint density at radius 1 is 1.12 bits per heavy atom. The zero-order valence-corrected chi connectivity index (χ0v) is 10.9. The highest BCUT2D eigenvalue weighted by Crippen LogP contribution is 2.15. The summed E-state index contributed by atoms with van der Waals surface area (Å²) in [6, 6.07) is 6.42. The van der Waals surface area contributed by atoms with Crippen LogP contribution in [0, 0.1) is 6.92 Å². The van der Waals surface area contributed by atoms with Crippen LogP contribution in [0.25, 0.3) is 0 Å². The second-order valence-corrected chi connectivity index (χ2v) is 4.90. The van der Waals surface area contributed by atoms with Crippen LogP contribution in [0.15, 0.2) is 18.2 Å². The summed E-state index contributed by atoms with van der Waals surface area (Å²) in [5, 5.41) is 0. The summed E-state index contributed by atoms with van der Waals surface area (Å²) in [6.45, 7) is 11.2. The molecule has 0 bridgehead atoms. The van der Waals surface area contributed by atoms with Crippen molar-refractivity contribution in [2.75, 3.05) is 38.5 Å². The van der Waals surface area contributed by atoms with E-state index in [1.54, 1.807) is 0 Å². The van der Waals surface area contributed by atoms with E-state index in [4.69, 9.17) is 5.73 Å². The number of nitrogen functional groups attached to an aromatic ring is 1. The maximum Gasteiger partial charge on any atom is 0.0346 e. The fourth-order valence-electron chi connectivity index (χ4n) is 2.31. The van der Waals surface area contributed by atoms with Gasteiger partial charge < -0.3 is 10.6 Å². The van der Waals surface area contributed by atoms with Gasteiger partial charge in [0.05, 0.1) is 0 Å². The van der Waals surface area contributed by atoms with Crippen LogP contribution >= 0.6 is 0 Å². The summed E-state index contributed by atoms with van der Waals surface area (Å²) in [7, 11) is 0. The molecule has 94 valence electrons. The Labute approximate surface area is 104 Å². The number of piperazine rings is 1. The van der Waals surface area contributed by atoms with Crippen molar-refractivity contribution >= 4 is 5.69 Å². The molecule has 0 atom stereocenters. The maximum absolute atomic E-state index is 5.94. The smallest absolute Gasteiger partial charge is 0.0346 e. The quantitative estimate of drug-likeness (QED) is 0.807. The van der Waals surface area contributed by atoms with Crippen molar-refractivity contribution < 1.29 is 0 Å². The lowest BCUT2D eigenvalue weighted by molar-refractivity contribution is 0.132. The molecule has 0 radical (unpaired) electrons. The lowest BCUT2D eigenvalue weighted by atomic mass is 10.1. The Balaban J connectivity index is 1.91. The van der Waals surface area contributed by atoms with E-state index in [0.717, 1.165) is 12.2 Å². The molecule has 0 aromatic heterocycles. The first-order valence-corrected chi connectivity index (χ1v) is 6.48. The predicted octanol–water partition coefficient (Wildman–Crippen LogP) is 1.71. The lowest BCUT2D eigenvalue weighted by Gasteiger charge is -2.34.